The van der Waals surface area contributed by atoms with Crippen molar-refractivity contribution in [3.05, 3.63) is 40.5 Å². The van der Waals surface area contributed by atoms with Gasteiger partial charge < -0.3 is 15.8 Å². The maximum Gasteiger partial charge on any atom is 0.319 e. The van der Waals surface area contributed by atoms with E-state index in [4.69, 9.17) is 10.5 Å². The van der Waals surface area contributed by atoms with Gasteiger partial charge in [-0.2, -0.15) is 4.37 Å². The van der Waals surface area contributed by atoms with Crippen molar-refractivity contribution >= 4 is 28.5 Å². The molecule has 2 rings (SSSR count). The number of ether oxygens (including phenoxy) is 1. The fourth-order valence-corrected chi connectivity index (χ4v) is 3.01. The number of nitrogens with one attached hydrogen (secondary N) is 2. The number of anilines is 1. The van der Waals surface area contributed by atoms with Crippen molar-refractivity contribution in [2.45, 2.75) is 33.8 Å². The highest BCUT2D eigenvalue weighted by molar-refractivity contribution is 7.11. The lowest BCUT2D eigenvalue weighted by Gasteiger charge is -2.10. The second-order valence-corrected chi connectivity index (χ2v) is 7.24. The van der Waals surface area contributed by atoms with Crippen LogP contribution in [0, 0.1) is 17.6 Å². The van der Waals surface area contributed by atoms with E-state index in [1.54, 1.807) is 6.92 Å². The number of benzene rings is 1. The molecular formula is C18H22F2N4O3S. The van der Waals surface area contributed by atoms with Crippen LogP contribution in [0.15, 0.2) is 12.1 Å². The minimum atomic E-state index is -0.865. The predicted octanol–water partition coefficient (Wildman–Crippen LogP) is 3.44. The Morgan fingerprint density at radius 1 is 1.25 bits per heavy atom. The van der Waals surface area contributed by atoms with Crippen molar-refractivity contribution in [1.82, 2.24) is 9.69 Å². The molecule has 0 saturated heterocycles. The summed E-state index contributed by atoms with van der Waals surface area (Å²) in [4.78, 5) is 23.7. The third-order valence-corrected chi connectivity index (χ3v) is 4.51. The summed E-state index contributed by atoms with van der Waals surface area (Å²) in [5.41, 5.74) is 5.46. The normalized spacial score (nSPS) is 10.8. The van der Waals surface area contributed by atoms with E-state index in [1.165, 1.54) is 0 Å². The first-order valence-corrected chi connectivity index (χ1v) is 9.44. The van der Waals surface area contributed by atoms with Crippen LogP contribution in [-0.4, -0.2) is 22.9 Å². The van der Waals surface area contributed by atoms with Crippen LogP contribution in [0.3, 0.4) is 0 Å². The Bertz CT molecular complexity index is 871. The van der Waals surface area contributed by atoms with E-state index in [2.05, 4.69) is 15.0 Å². The predicted molar refractivity (Wildman–Crippen MR) is 103 cm³/mol. The van der Waals surface area contributed by atoms with Crippen molar-refractivity contribution in [3.63, 3.8) is 0 Å². The molecule has 4 N–H and O–H groups in total. The maximum atomic E-state index is 14.1. The summed E-state index contributed by atoms with van der Waals surface area (Å²) >= 11 is 0.800. The zero-order valence-corrected chi connectivity index (χ0v) is 16.6. The second-order valence-electron chi connectivity index (χ2n) is 6.46. The van der Waals surface area contributed by atoms with Crippen LogP contribution in [0.25, 0.3) is 0 Å². The lowest BCUT2D eigenvalue weighted by molar-refractivity contribution is 0.0996. The van der Waals surface area contributed by atoms with E-state index in [0.29, 0.717) is 13.0 Å². The average Bonchev–Trinajstić information content (AvgIpc) is 3.02. The molecule has 0 unspecified atom stereocenters. The summed E-state index contributed by atoms with van der Waals surface area (Å²) in [6.45, 7) is 5.67. The molecule has 1 heterocycles. The van der Waals surface area contributed by atoms with Gasteiger partial charge >= 0.3 is 6.03 Å². The smallest absolute Gasteiger partial charge is 0.319 e. The van der Waals surface area contributed by atoms with Crippen LogP contribution < -0.4 is 21.1 Å². The van der Waals surface area contributed by atoms with E-state index in [1.807, 2.05) is 13.8 Å². The molecule has 0 aliphatic carbocycles. The van der Waals surface area contributed by atoms with E-state index in [9.17, 15) is 18.4 Å². The topological polar surface area (TPSA) is 106 Å². The molecule has 7 nitrogen and oxygen atoms in total. The number of hydrogen-bond donors (Lipinski definition) is 3. The van der Waals surface area contributed by atoms with Crippen LogP contribution in [0.2, 0.25) is 0 Å². The van der Waals surface area contributed by atoms with Crippen molar-refractivity contribution in [1.29, 1.82) is 0 Å². The van der Waals surface area contributed by atoms with Gasteiger partial charge in [-0.3, -0.25) is 10.1 Å². The third-order valence-electron chi connectivity index (χ3n) is 3.77. The van der Waals surface area contributed by atoms with Crippen molar-refractivity contribution in [2.24, 2.45) is 11.7 Å². The fraction of sp³-hybridized carbons (Fsp3) is 0.389. The highest BCUT2D eigenvalue weighted by atomic mass is 32.1. The second kappa shape index (κ2) is 9.45. The Balaban J connectivity index is 2.14. The number of nitrogens with two attached hydrogens (primary N) is 1. The molecule has 28 heavy (non-hydrogen) atoms. The van der Waals surface area contributed by atoms with Crippen LogP contribution in [0.1, 0.15) is 42.3 Å². The molecule has 10 heteroatoms. The molecule has 0 fully saturated rings. The zero-order chi connectivity index (χ0) is 20.8. The van der Waals surface area contributed by atoms with E-state index >= 15 is 0 Å². The van der Waals surface area contributed by atoms with Crippen molar-refractivity contribution < 1.29 is 23.1 Å². The Morgan fingerprint density at radius 3 is 2.50 bits per heavy atom. The lowest BCUT2D eigenvalue weighted by atomic mass is 10.1. The number of hydrogen-bond acceptors (Lipinski definition) is 5. The Morgan fingerprint density at radius 2 is 1.89 bits per heavy atom. The van der Waals surface area contributed by atoms with Gasteiger partial charge in [-0.1, -0.05) is 20.8 Å². The summed E-state index contributed by atoms with van der Waals surface area (Å²) < 4.78 is 37.3. The summed E-state index contributed by atoms with van der Waals surface area (Å²) in [6, 6.07) is 1.63. The van der Waals surface area contributed by atoms with E-state index in [0.717, 1.165) is 23.7 Å². The van der Waals surface area contributed by atoms with Gasteiger partial charge in [0, 0.05) is 12.1 Å². The van der Waals surface area contributed by atoms with Gasteiger partial charge in [0.05, 0.1) is 0 Å². The van der Waals surface area contributed by atoms with Gasteiger partial charge in [-0.25, -0.2) is 13.6 Å². The Labute approximate surface area is 165 Å². The van der Waals surface area contributed by atoms with E-state index < -0.39 is 23.6 Å². The maximum absolute atomic E-state index is 14.1. The molecule has 152 valence electrons. The van der Waals surface area contributed by atoms with Gasteiger partial charge in [0.15, 0.2) is 0 Å². The minimum absolute atomic E-state index is 0.0256. The molecular weight excluding hydrogens is 390 g/mol. The number of rotatable bonds is 8. The van der Waals surface area contributed by atoms with Crippen LogP contribution in [-0.2, 0) is 13.0 Å². The number of amides is 3. The highest BCUT2D eigenvalue weighted by Gasteiger charge is 2.22. The largest absolute Gasteiger partial charge is 0.471 e. The highest BCUT2D eigenvalue weighted by Crippen LogP contribution is 2.31. The number of urea groups is 1. The Hall–Kier alpha value is -2.75. The van der Waals surface area contributed by atoms with Gasteiger partial charge in [0.25, 0.3) is 5.91 Å². The summed E-state index contributed by atoms with van der Waals surface area (Å²) in [6.07, 6.45) is 0.357. The molecule has 1 aromatic heterocycles. The molecule has 0 aliphatic rings. The number of nitrogens with zero attached hydrogens (tertiary/aromatic N) is 1. The molecule has 0 aliphatic heterocycles. The summed E-state index contributed by atoms with van der Waals surface area (Å²) in [5.74, 6) is -1.94. The SMILES string of the molecule is CCc1cc(F)c(COc2nsc(NC(=O)NCC(C)C)c2C(N)=O)cc1F. The van der Waals surface area contributed by atoms with Gasteiger partial charge in [0.2, 0.25) is 5.88 Å². The molecule has 0 radical (unpaired) electrons. The van der Waals surface area contributed by atoms with Crippen LogP contribution in [0.5, 0.6) is 5.88 Å². The lowest BCUT2D eigenvalue weighted by Crippen LogP contribution is -2.32. The quantitative estimate of drug-likeness (QED) is 0.617. The molecule has 0 bridgehead atoms. The molecule has 0 saturated carbocycles. The zero-order valence-electron chi connectivity index (χ0n) is 15.8. The van der Waals surface area contributed by atoms with Gasteiger partial charge in [-0.15, -0.1) is 0 Å². The van der Waals surface area contributed by atoms with E-state index in [-0.39, 0.29) is 40.1 Å². The molecule has 0 spiro atoms. The number of carbonyl (C=O) groups is 2. The standard InChI is InChI=1S/C18H22F2N4O3S/c1-4-10-5-13(20)11(6-12(10)19)8-27-16-14(15(21)25)17(28-24-16)23-18(26)22-7-9(2)3/h5-6,9H,4,7-8H2,1-3H3,(H2,21,25)(H2,22,23,26). The number of aromatic nitrogens is 1. The molecule has 1 aromatic carbocycles. The van der Waals surface area contributed by atoms with Gasteiger partial charge in [-0.05, 0) is 41.6 Å². The summed E-state index contributed by atoms with van der Waals surface area (Å²) in [7, 11) is 0. The average molecular weight is 412 g/mol. The number of carbonyl (C=O) groups excluding carboxylic acids is 2. The van der Waals surface area contributed by atoms with Crippen LogP contribution in [0.4, 0.5) is 18.6 Å². The van der Waals surface area contributed by atoms with Crippen LogP contribution >= 0.6 is 11.5 Å². The first-order valence-electron chi connectivity index (χ1n) is 8.66. The molecule has 2 aromatic rings. The number of primary amides is 1. The number of aryl methyl sites for hydroxylation is 1. The Kier molecular flexibility index (Phi) is 7.27. The number of halogens is 2. The molecule has 3 amide bonds. The fourth-order valence-electron chi connectivity index (χ4n) is 2.28. The van der Waals surface area contributed by atoms with Gasteiger partial charge in [0.1, 0.15) is 28.8 Å². The first kappa shape index (κ1) is 21.5. The van der Waals surface area contributed by atoms with Crippen molar-refractivity contribution in [2.75, 3.05) is 11.9 Å². The first-order chi connectivity index (χ1) is 13.2. The third kappa shape index (κ3) is 5.38. The summed E-state index contributed by atoms with van der Waals surface area (Å²) in [5, 5.41) is 5.23. The van der Waals surface area contributed by atoms with Crippen molar-refractivity contribution in [3.8, 4) is 5.88 Å². The minimum Gasteiger partial charge on any atom is -0.471 e. The molecule has 0 atom stereocenters. The monoisotopic (exact) mass is 412 g/mol.